The van der Waals surface area contributed by atoms with Gasteiger partial charge in [0.05, 0.1) is 0 Å². The van der Waals surface area contributed by atoms with Crippen LogP contribution in [0.3, 0.4) is 0 Å². The number of ether oxygens (including phenoxy) is 2. The van der Waals surface area contributed by atoms with Gasteiger partial charge in [-0.3, -0.25) is 9.59 Å². The maximum Gasteiger partial charge on any atom is 0.306 e. The van der Waals surface area contributed by atoms with Crippen molar-refractivity contribution in [1.82, 2.24) is 0 Å². The van der Waals surface area contributed by atoms with E-state index in [1.54, 1.807) is 10.8 Å². The third-order valence-corrected chi connectivity index (χ3v) is 8.62. The minimum Gasteiger partial charge on any atom is -0.460 e. The maximum absolute atomic E-state index is 11.3. The Bertz CT molecular complexity index is 543. The van der Waals surface area contributed by atoms with Crippen molar-refractivity contribution in [3.8, 4) is 0 Å². The van der Waals surface area contributed by atoms with E-state index in [1.165, 1.54) is 10.8 Å². The zero-order valence-corrected chi connectivity index (χ0v) is 25.2. The Labute approximate surface area is 222 Å². The molecular formula is C20H38BrNO7S4. The standard InChI is InChI=1S/C10H19BrO2S2.C10H19NO5S2/c1-10(2,3)13-9(12)5-4-7-14-15-8-6-11;1-10(2,3)16-9(12)5-4-7-17-18-8-6-15-11(13)14/h4-8H2,1-3H3;4-8H2,1-3H3. The summed E-state index contributed by atoms with van der Waals surface area (Å²) in [5, 5.41) is 10.1. The minimum absolute atomic E-state index is 0.0893. The Morgan fingerprint density at radius 2 is 1.18 bits per heavy atom. The van der Waals surface area contributed by atoms with E-state index >= 15 is 0 Å². The summed E-state index contributed by atoms with van der Waals surface area (Å²) in [6.45, 7) is 11.3. The summed E-state index contributed by atoms with van der Waals surface area (Å²) < 4.78 is 10.4. The summed E-state index contributed by atoms with van der Waals surface area (Å²) >= 11 is 3.37. The molecule has 0 aromatic heterocycles. The zero-order valence-electron chi connectivity index (χ0n) is 20.4. The number of esters is 2. The van der Waals surface area contributed by atoms with Gasteiger partial charge in [-0.25, -0.2) is 0 Å². The molecule has 196 valence electrons. The lowest BCUT2D eigenvalue weighted by molar-refractivity contribution is -0.756. The third-order valence-electron chi connectivity index (χ3n) is 2.75. The van der Waals surface area contributed by atoms with Crippen molar-refractivity contribution >= 4 is 71.0 Å². The van der Waals surface area contributed by atoms with Crippen LogP contribution in [0.2, 0.25) is 0 Å². The van der Waals surface area contributed by atoms with E-state index in [0.29, 0.717) is 18.6 Å². The predicted octanol–water partition coefficient (Wildman–Crippen LogP) is 6.58. The van der Waals surface area contributed by atoms with Gasteiger partial charge in [-0.2, -0.15) is 0 Å². The van der Waals surface area contributed by atoms with E-state index in [9.17, 15) is 19.7 Å². The molecule has 0 spiro atoms. The molecule has 0 aromatic carbocycles. The van der Waals surface area contributed by atoms with Crippen LogP contribution in [0.4, 0.5) is 0 Å². The monoisotopic (exact) mass is 611 g/mol. The van der Waals surface area contributed by atoms with Crippen molar-refractivity contribution < 1.29 is 29.0 Å². The van der Waals surface area contributed by atoms with Gasteiger partial charge in [0.1, 0.15) is 17.8 Å². The molecule has 33 heavy (non-hydrogen) atoms. The SMILES string of the molecule is CC(C)(C)OC(=O)CCCSSCCBr.CC(C)(C)OC(=O)CCCSSCCO[N+](=O)[O-]. The number of carbonyl (C=O) groups excluding carboxylic acids is 2. The summed E-state index contributed by atoms with van der Waals surface area (Å²) in [6.07, 6.45) is 2.56. The smallest absolute Gasteiger partial charge is 0.306 e. The van der Waals surface area contributed by atoms with E-state index in [2.05, 4.69) is 20.8 Å². The van der Waals surface area contributed by atoms with Crippen LogP contribution in [-0.4, -0.2) is 63.2 Å². The van der Waals surface area contributed by atoms with E-state index in [4.69, 9.17) is 9.47 Å². The van der Waals surface area contributed by atoms with Crippen LogP contribution in [0, 0.1) is 10.1 Å². The van der Waals surface area contributed by atoms with Crippen molar-refractivity contribution in [2.45, 2.75) is 78.4 Å². The maximum atomic E-state index is 11.3. The first-order chi connectivity index (χ1) is 15.3. The van der Waals surface area contributed by atoms with E-state index in [-0.39, 0.29) is 24.1 Å². The Hall–Kier alpha value is 0.0200. The Kier molecular flexibility index (Phi) is 22.7. The van der Waals surface area contributed by atoms with Crippen LogP contribution in [-0.2, 0) is 23.9 Å². The number of hydrogen-bond donors (Lipinski definition) is 0. The first kappa shape index (κ1) is 35.2. The van der Waals surface area contributed by atoms with Gasteiger partial charge in [0.15, 0.2) is 0 Å². The van der Waals surface area contributed by atoms with E-state index in [1.807, 2.05) is 63.1 Å². The molecule has 0 N–H and O–H groups in total. The van der Waals surface area contributed by atoms with Crippen molar-refractivity contribution in [2.24, 2.45) is 0 Å². The zero-order chi connectivity index (χ0) is 25.8. The van der Waals surface area contributed by atoms with Gasteiger partial charge in [-0.15, -0.1) is 10.1 Å². The molecule has 0 aliphatic heterocycles. The molecule has 0 fully saturated rings. The van der Waals surface area contributed by atoms with Gasteiger partial charge < -0.3 is 14.3 Å². The lowest BCUT2D eigenvalue weighted by atomic mass is 10.2. The van der Waals surface area contributed by atoms with Gasteiger partial charge in [0.2, 0.25) is 0 Å². The average molecular weight is 613 g/mol. The van der Waals surface area contributed by atoms with Gasteiger partial charge >= 0.3 is 11.9 Å². The second-order valence-corrected chi connectivity index (χ2v) is 14.6. The summed E-state index contributed by atoms with van der Waals surface area (Å²) in [6, 6.07) is 0. The topological polar surface area (TPSA) is 105 Å². The highest BCUT2D eigenvalue weighted by Gasteiger charge is 2.16. The van der Waals surface area contributed by atoms with E-state index in [0.717, 1.165) is 35.4 Å². The van der Waals surface area contributed by atoms with Crippen LogP contribution in [0.15, 0.2) is 0 Å². The number of carbonyl (C=O) groups is 2. The summed E-state index contributed by atoms with van der Waals surface area (Å²) in [5.41, 5.74) is -0.784. The molecule has 0 saturated heterocycles. The number of nitrogens with zero attached hydrogens (tertiary/aromatic N) is 1. The molecule has 0 saturated carbocycles. The fourth-order valence-electron chi connectivity index (χ4n) is 1.75. The van der Waals surface area contributed by atoms with Crippen LogP contribution in [0.5, 0.6) is 0 Å². The van der Waals surface area contributed by atoms with Gasteiger partial charge in [-0.1, -0.05) is 59.1 Å². The first-order valence-electron chi connectivity index (χ1n) is 10.5. The minimum atomic E-state index is -0.798. The fraction of sp³-hybridized carbons (Fsp3) is 0.900. The second kappa shape index (κ2) is 21.3. The van der Waals surface area contributed by atoms with Crippen molar-refractivity contribution in [1.29, 1.82) is 0 Å². The highest BCUT2D eigenvalue weighted by molar-refractivity contribution is 9.09. The van der Waals surface area contributed by atoms with Crippen molar-refractivity contribution in [3.63, 3.8) is 0 Å². The fourth-order valence-corrected chi connectivity index (χ4v) is 6.65. The highest BCUT2D eigenvalue weighted by atomic mass is 79.9. The number of hydrogen-bond acceptors (Lipinski definition) is 11. The van der Waals surface area contributed by atoms with Crippen molar-refractivity contribution in [2.75, 3.05) is 34.9 Å². The second-order valence-electron chi connectivity index (χ2n) is 8.41. The highest BCUT2D eigenvalue weighted by Crippen LogP contribution is 2.23. The first-order valence-corrected chi connectivity index (χ1v) is 16.6. The molecular weight excluding hydrogens is 574 g/mol. The number of rotatable bonds is 16. The molecule has 0 heterocycles. The molecule has 8 nitrogen and oxygen atoms in total. The lowest BCUT2D eigenvalue weighted by Gasteiger charge is -2.19. The number of halogens is 1. The molecule has 0 aromatic rings. The van der Waals surface area contributed by atoms with Gasteiger partial charge in [-0.05, 0) is 54.4 Å². The quantitative estimate of drug-likeness (QED) is 0.0471. The normalized spacial score (nSPS) is 11.2. The van der Waals surface area contributed by atoms with Crippen LogP contribution in [0.1, 0.15) is 67.2 Å². The van der Waals surface area contributed by atoms with E-state index < -0.39 is 10.7 Å². The average Bonchev–Trinajstić information content (AvgIpc) is 2.64. The molecule has 0 aliphatic carbocycles. The molecule has 0 atom stereocenters. The Morgan fingerprint density at radius 3 is 1.55 bits per heavy atom. The predicted molar refractivity (Wildman–Crippen MR) is 147 cm³/mol. The summed E-state index contributed by atoms with van der Waals surface area (Å²) in [4.78, 5) is 36.6. The molecule has 0 unspecified atom stereocenters. The van der Waals surface area contributed by atoms with Gasteiger partial charge in [0, 0.05) is 41.2 Å². The van der Waals surface area contributed by atoms with Gasteiger partial charge in [0.25, 0.3) is 5.09 Å². The Balaban J connectivity index is 0. The number of alkyl halides is 1. The van der Waals surface area contributed by atoms with Crippen LogP contribution < -0.4 is 0 Å². The molecule has 0 amide bonds. The summed E-state index contributed by atoms with van der Waals surface area (Å²) in [7, 11) is 6.72. The molecule has 13 heteroatoms. The van der Waals surface area contributed by atoms with Crippen LogP contribution in [0.25, 0.3) is 0 Å². The third kappa shape index (κ3) is 34.3. The molecule has 0 bridgehead atoms. The lowest BCUT2D eigenvalue weighted by Crippen LogP contribution is -2.23. The summed E-state index contributed by atoms with van der Waals surface area (Å²) in [5.74, 6) is 3.20. The molecule has 0 rings (SSSR count). The molecule has 0 aliphatic rings. The Morgan fingerprint density at radius 1 is 0.788 bits per heavy atom. The molecule has 0 radical (unpaired) electrons. The van der Waals surface area contributed by atoms with Crippen LogP contribution >= 0.6 is 59.1 Å². The van der Waals surface area contributed by atoms with Crippen molar-refractivity contribution in [3.05, 3.63) is 10.1 Å². The largest absolute Gasteiger partial charge is 0.460 e.